The molecule has 28 heavy (non-hydrogen) atoms. The van der Waals surface area contributed by atoms with E-state index >= 15 is 0 Å². The Morgan fingerprint density at radius 1 is 1.21 bits per heavy atom. The maximum atomic E-state index is 12.3. The third kappa shape index (κ3) is 3.77. The standard InChI is InChI=1S/C18H21N5O5/c1-12-19-16(20-28-12)13-2-4-14(5-3-13)23-11-15(27-18(23)26)10-21-6-8-22(9-7-21)17(24)25/h2-5,15H,6-11H2,1H3,(H,24,25). The first-order valence-electron chi connectivity index (χ1n) is 9.09. The van der Waals surface area contributed by atoms with Crippen LogP contribution in [-0.4, -0.2) is 82.6 Å². The number of amides is 2. The van der Waals surface area contributed by atoms with E-state index in [2.05, 4.69) is 15.0 Å². The van der Waals surface area contributed by atoms with Gasteiger partial charge in [-0.25, -0.2) is 9.59 Å². The Kier molecular flexibility index (Phi) is 4.86. The second-order valence-electron chi connectivity index (χ2n) is 6.87. The predicted molar refractivity (Wildman–Crippen MR) is 98.1 cm³/mol. The first-order valence-corrected chi connectivity index (χ1v) is 9.09. The van der Waals surface area contributed by atoms with Crippen LogP contribution < -0.4 is 4.90 Å². The number of anilines is 1. The van der Waals surface area contributed by atoms with Crippen LogP contribution in [0.5, 0.6) is 0 Å². The number of piperazine rings is 1. The van der Waals surface area contributed by atoms with Gasteiger partial charge in [0.25, 0.3) is 0 Å². The van der Waals surface area contributed by atoms with Crippen molar-refractivity contribution in [2.75, 3.05) is 44.2 Å². The zero-order chi connectivity index (χ0) is 19.7. The molecule has 1 aromatic carbocycles. The largest absolute Gasteiger partial charge is 0.465 e. The van der Waals surface area contributed by atoms with Crippen LogP contribution >= 0.6 is 0 Å². The van der Waals surface area contributed by atoms with Crippen LogP contribution in [0.1, 0.15) is 5.89 Å². The normalized spacial score (nSPS) is 20.5. The van der Waals surface area contributed by atoms with Crippen molar-refractivity contribution in [1.82, 2.24) is 19.9 Å². The smallest absolute Gasteiger partial charge is 0.414 e. The molecule has 0 bridgehead atoms. The van der Waals surface area contributed by atoms with Crippen LogP contribution in [0.3, 0.4) is 0 Å². The van der Waals surface area contributed by atoms with Crippen molar-refractivity contribution in [3.8, 4) is 11.4 Å². The summed E-state index contributed by atoms with van der Waals surface area (Å²) in [4.78, 5) is 32.6. The third-order valence-corrected chi connectivity index (χ3v) is 4.94. The number of aryl methyl sites for hydroxylation is 1. The van der Waals surface area contributed by atoms with Crippen molar-refractivity contribution >= 4 is 17.9 Å². The molecule has 1 unspecified atom stereocenters. The number of aromatic nitrogens is 2. The van der Waals surface area contributed by atoms with E-state index in [0.29, 0.717) is 51.0 Å². The summed E-state index contributed by atoms with van der Waals surface area (Å²) in [6.07, 6.45) is -1.52. The quantitative estimate of drug-likeness (QED) is 0.843. The molecule has 148 valence electrons. The van der Waals surface area contributed by atoms with Gasteiger partial charge in [0.2, 0.25) is 11.7 Å². The van der Waals surface area contributed by atoms with Gasteiger partial charge in [0.15, 0.2) is 0 Å². The minimum absolute atomic E-state index is 0.247. The lowest BCUT2D eigenvalue weighted by Crippen LogP contribution is -2.50. The van der Waals surface area contributed by atoms with Crippen LogP contribution in [0.2, 0.25) is 0 Å². The molecule has 2 aliphatic rings. The fourth-order valence-corrected chi connectivity index (χ4v) is 3.44. The Labute approximate surface area is 161 Å². The number of benzene rings is 1. The topological polar surface area (TPSA) is 112 Å². The van der Waals surface area contributed by atoms with Gasteiger partial charge in [0.1, 0.15) is 6.10 Å². The average Bonchev–Trinajstić information content (AvgIpc) is 3.28. The molecule has 2 aromatic rings. The Hall–Kier alpha value is -3.14. The number of carbonyl (C=O) groups is 2. The van der Waals surface area contributed by atoms with Gasteiger partial charge in [0.05, 0.1) is 6.54 Å². The molecule has 2 aliphatic heterocycles. The van der Waals surface area contributed by atoms with E-state index in [0.717, 1.165) is 11.3 Å². The molecular weight excluding hydrogens is 366 g/mol. The van der Waals surface area contributed by atoms with Gasteiger partial charge in [-0.1, -0.05) is 5.16 Å². The van der Waals surface area contributed by atoms with Gasteiger partial charge in [0, 0.05) is 50.9 Å². The molecule has 2 amide bonds. The molecule has 0 aliphatic carbocycles. The van der Waals surface area contributed by atoms with Gasteiger partial charge in [-0.2, -0.15) is 4.98 Å². The van der Waals surface area contributed by atoms with E-state index in [9.17, 15) is 9.59 Å². The fourth-order valence-electron chi connectivity index (χ4n) is 3.44. The van der Waals surface area contributed by atoms with Gasteiger partial charge in [-0.15, -0.1) is 0 Å². The summed E-state index contributed by atoms with van der Waals surface area (Å²) in [7, 11) is 0. The Morgan fingerprint density at radius 3 is 2.54 bits per heavy atom. The van der Waals surface area contributed by atoms with E-state index in [1.165, 1.54) is 4.90 Å². The molecule has 1 atom stereocenters. The average molecular weight is 387 g/mol. The molecule has 10 heteroatoms. The molecule has 1 N–H and O–H groups in total. The van der Waals surface area contributed by atoms with Gasteiger partial charge in [-0.3, -0.25) is 9.80 Å². The highest BCUT2D eigenvalue weighted by atomic mass is 16.6. The van der Waals surface area contributed by atoms with E-state index in [1.807, 2.05) is 24.3 Å². The van der Waals surface area contributed by atoms with Crippen molar-refractivity contribution < 1.29 is 24.0 Å². The molecule has 0 saturated carbocycles. The molecule has 10 nitrogen and oxygen atoms in total. The Bertz CT molecular complexity index is 860. The van der Waals surface area contributed by atoms with Crippen LogP contribution in [0.15, 0.2) is 28.8 Å². The van der Waals surface area contributed by atoms with E-state index in [-0.39, 0.29) is 12.2 Å². The minimum atomic E-state index is -0.891. The number of cyclic esters (lactones) is 1. The molecule has 2 saturated heterocycles. The maximum absolute atomic E-state index is 12.3. The van der Waals surface area contributed by atoms with Gasteiger partial charge in [-0.05, 0) is 24.3 Å². The van der Waals surface area contributed by atoms with Crippen LogP contribution in [0.25, 0.3) is 11.4 Å². The monoisotopic (exact) mass is 387 g/mol. The highest BCUT2D eigenvalue weighted by Crippen LogP contribution is 2.25. The summed E-state index contributed by atoms with van der Waals surface area (Å²) >= 11 is 0. The summed E-state index contributed by atoms with van der Waals surface area (Å²) in [5.41, 5.74) is 1.55. The first kappa shape index (κ1) is 18.2. The summed E-state index contributed by atoms with van der Waals surface area (Å²) in [5, 5.41) is 12.9. The van der Waals surface area contributed by atoms with Crippen molar-refractivity contribution in [1.29, 1.82) is 0 Å². The predicted octanol–water partition coefficient (Wildman–Crippen LogP) is 1.67. The van der Waals surface area contributed by atoms with Gasteiger partial charge < -0.3 is 19.3 Å². The molecule has 3 heterocycles. The first-order chi connectivity index (χ1) is 13.5. The summed E-state index contributed by atoms with van der Waals surface area (Å²) in [6, 6.07) is 7.34. The Balaban J connectivity index is 1.35. The second-order valence-corrected chi connectivity index (χ2v) is 6.87. The van der Waals surface area contributed by atoms with Crippen LogP contribution in [0.4, 0.5) is 15.3 Å². The number of rotatable bonds is 4. The van der Waals surface area contributed by atoms with E-state index < -0.39 is 6.09 Å². The van der Waals surface area contributed by atoms with Crippen molar-refractivity contribution in [2.45, 2.75) is 13.0 Å². The zero-order valence-corrected chi connectivity index (χ0v) is 15.4. The number of hydrogen-bond acceptors (Lipinski definition) is 7. The summed E-state index contributed by atoms with van der Waals surface area (Å²) < 4.78 is 10.5. The highest BCUT2D eigenvalue weighted by molar-refractivity contribution is 5.90. The number of ether oxygens (including phenoxy) is 1. The van der Waals surface area contributed by atoms with E-state index in [4.69, 9.17) is 14.4 Å². The lowest BCUT2D eigenvalue weighted by atomic mass is 10.2. The van der Waals surface area contributed by atoms with Crippen LogP contribution in [0, 0.1) is 6.92 Å². The molecule has 2 fully saturated rings. The van der Waals surface area contributed by atoms with Gasteiger partial charge >= 0.3 is 12.2 Å². The Morgan fingerprint density at radius 2 is 1.93 bits per heavy atom. The lowest BCUT2D eigenvalue weighted by Gasteiger charge is -2.33. The van der Waals surface area contributed by atoms with Crippen LogP contribution in [-0.2, 0) is 4.74 Å². The molecular formula is C18H21N5O5. The SMILES string of the molecule is Cc1nc(-c2ccc(N3CC(CN4CCN(C(=O)O)CC4)OC3=O)cc2)no1. The number of carboxylic acid groups (broad SMARTS) is 1. The maximum Gasteiger partial charge on any atom is 0.414 e. The molecule has 0 radical (unpaired) electrons. The van der Waals surface area contributed by atoms with Crippen molar-refractivity contribution in [2.24, 2.45) is 0 Å². The lowest BCUT2D eigenvalue weighted by molar-refractivity contribution is 0.0738. The van der Waals surface area contributed by atoms with Crippen molar-refractivity contribution in [3.05, 3.63) is 30.2 Å². The summed E-state index contributed by atoms with van der Waals surface area (Å²) in [5.74, 6) is 1.00. The number of nitrogens with zero attached hydrogens (tertiary/aromatic N) is 5. The fraction of sp³-hybridized carbons (Fsp3) is 0.444. The number of carbonyl (C=O) groups excluding carboxylic acids is 1. The number of hydrogen-bond donors (Lipinski definition) is 1. The minimum Gasteiger partial charge on any atom is -0.465 e. The third-order valence-electron chi connectivity index (χ3n) is 4.94. The molecule has 0 spiro atoms. The summed E-state index contributed by atoms with van der Waals surface area (Å²) in [6.45, 7) is 4.99. The highest BCUT2D eigenvalue weighted by Gasteiger charge is 2.34. The molecule has 4 rings (SSSR count). The zero-order valence-electron chi connectivity index (χ0n) is 15.4. The second kappa shape index (κ2) is 7.47. The van der Waals surface area contributed by atoms with E-state index in [1.54, 1.807) is 11.8 Å². The van der Waals surface area contributed by atoms with Crippen molar-refractivity contribution in [3.63, 3.8) is 0 Å². The molecule has 1 aromatic heterocycles.